The molecule has 0 bridgehead atoms. The average Bonchev–Trinajstić information content (AvgIpc) is 2.54. The fraction of sp³-hybridized carbons (Fsp3) is 0.294. The van der Waals surface area contributed by atoms with Crippen LogP contribution in [0.15, 0.2) is 47.4 Å². The van der Waals surface area contributed by atoms with Gasteiger partial charge in [0.2, 0.25) is 0 Å². The van der Waals surface area contributed by atoms with Crippen LogP contribution in [0.5, 0.6) is 11.5 Å². The molecular formula is C17H20O3S. The molecule has 2 aromatic rings. The summed E-state index contributed by atoms with van der Waals surface area (Å²) in [5.41, 5.74) is 1.64. The number of thioether (sulfide) groups is 1. The Bertz CT molecular complexity index is 581. The van der Waals surface area contributed by atoms with Crippen LogP contribution in [0, 0.1) is 0 Å². The maximum atomic E-state index is 10.5. The normalized spacial score (nSPS) is 12.0. The Hall–Kier alpha value is -1.65. The molecule has 2 aromatic carbocycles. The van der Waals surface area contributed by atoms with Crippen molar-refractivity contribution < 1.29 is 14.6 Å². The van der Waals surface area contributed by atoms with E-state index in [-0.39, 0.29) is 0 Å². The summed E-state index contributed by atoms with van der Waals surface area (Å²) in [5.74, 6) is 2.31. The van der Waals surface area contributed by atoms with Crippen LogP contribution in [-0.2, 0) is 0 Å². The number of ether oxygens (including phenoxy) is 2. The maximum Gasteiger partial charge on any atom is 0.161 e. The Morgan fingerprint density at radius 3 is 2.14 bits per heavy atom. The fourth-order valence-corrected chi connectivity index (χ4v) is 2.79. The van der Waals surface area contributed by atoms with Crippen molar-refractivity contribution in [1.29, 1.82) is 0 Å². The van der Waals surface area contributed by atoms with Crippen molar-refractivity contribution >= 4 is 11.8 Å². The topological polar surface area (TPSA) is 38.7 Å². The zero-order valence-electron chi connectivity index (χ0n) is 12.5. The van der Waals surface area contributed by atoms with E-state index in [1.807, 2.05) is 30.3 Å². The summed E-state index contributed by atoms with van der Waals surface area (Å²) < 4.78 is 10.5. The first kappa shape index (κ1) is 15.7. The molecule has 1 N–H and O–H groups in total. The van der Waals surface area contributed by atoms with E-state index < -0.39 is 6.10 Å². The predicted octanol–water partition coefficient (Wildman–Crippen LogP) is 3.90. The second-order valence-corrected chi connectivity index (χ2v) is 5.86. The molecule has 2 rings (SSSR count). The van der Waals surface area contributed by atoms with Crippen LogP contribution in [-0.4, -0.2) is 25.1 Å². The average molecular weight is 304 g/mol. The van der Waals surface area contributed by atoms with Crippen LogP contribution in [0.2, 0.25) is 0 Å². The number of aliphatic hydroxyl groups is 1. The first-order chi connectivity index (χ1) is 10.2. The molecule has 0 saturated carbocycles. The molecule has 0 heterocycles. The number of methoxy groups -OCH3 is 2. The van der Waals surface area contributed by atoms with Crippen LogP contribution in [0.25, 0.3) is 0 Å². The van der Waals surface area contributed by atoms with E-state index in [1.165, 1.54) is 4.90 Å². The van der Waals surface area contributed by atoms with E-state index in [2.05, 4.69) is 6.92 Å². The number of hydrogen-bond donors (Lipinski definition) is 1. The first-order valence-corrected chi connectivity index (χ1v) is 7.81. The Morgan fingerprint density at radius 2 is 1.57 bits per heavy atom. The highest BCUT2D eigenvalue weighted by Crippen LogP contribution is 2.32. The molecule has 3 nitrogen and oxygen atoms in total. The molecule has 0 fully saturated rings. The molecule has 4 heteroatoms. The Balaban J connectivity index is 2.24. The molecule has 0 aliphatic heterocycles. The van der Waals surface area contributed by atoms with Crippen LogP contribution in [0.3, 0.4) is 0 Å². The molecule has 0 amide bonds. The second kappa shape index (κ2) is 7.38. The summed E-state index contributed by atoms with van der Waals surface area (Å²) in [5, 5.41) is 10.5. The second-order valence-electron chi connectivity index (χ2n) is 4.52. The van der Waals surface area contributed by atoms with Crippen LogP contribution < -0.4 is 9.47 Å². The minimum atomic E-state index is -0.675. The summed E-state index contributed by atoms with van der Waals surface area (Å²) in [6.07, 6.45) is -0.675. The number of hydrogen-bond acceptors (Lipinski definition) is 4. The Labute approximate surface area is 129 Å². The lowest BCUT2D eigenvalue weighted by Gasteiger charge is -2.15. The zero-order valence-corrected chi connectivity index (χ0v) is 13.3. The van der Waals surface area contributed by atoms with E-state index >= 15 is 0 Å². The quantitative estimate of drug-likeness (QED) is 0.822. The van der Waals surface area contributed by atoms with Crippen molar-refractivity contribution in [2.45, 2.75) is 17.9 Å². The minimum Gasteiger partial charge on any atom is -0.493 e. The molecule has 1 atom stereocenters. The van der Waals surface area contributed by atoms with Crippen molar-refractivity contribution in [2.24, 2.45) is 0 Å². The van der Waals surface area contributed by atoms with Crippen LogP contribution in [0.4, 0.5) is 0 Å². The van der Waals surface area contributed by atoms with Gasteiger partial charge in [-0.2, -0.15) is 0 Å². The predicted molar refractivity (Wildman–Crippen MR) is 86.4 cm³/mol. The van der Waals surface area contributed by atoms with Gasteiger partial charge in [0.25, 0.3) is 0 Å². The van der Waals surface area contributed by atoms with Gasteiger partial charge in [-0.3, -0.25) is 0 Å². The van der Waals surface area contributed by atoms with Gasteiger partial charge < -0.3 is 14.6 Å². The number of aliphatic hydroxyl groups excluding tert-OH is 1. The van der Waals surface area contributed by atoms with E-state index in [0.717, 1.165) is 16.9 Å². The molecule has 21 heavy (non-hydrogen) atoms. The van der Waals surface area contributed by atoms with E-state index in [4.69, 9.17) is 9.47 Å². The van der Waals surface area contributed by atoms with Crippen molar-refractivity contribution in [2.75, 3.05) is 20.0 Å². The van der Waals surface area contributed by atoms with E-state index in [9.17, 15) is 5.11 Å². The lowest BCUT2D eigenvalue weighted by molar-refractivity contribution is 0.219. The van der Waals surface area contributed by atoms with Crippen molar-refractivity contribution in [1.82, 2.24) is 0 Å². The SMILES string of the molecule is CCSc1ccc(C(O)c2ccc(OC)c(OC)c2)cc1. The van der Waals surface area contributed by atoms with E-state index in [0.29, 0.717) is 11.5 Å². The van der Waals surface area contributed by atoms with Gasteiger partial charge in [0.1, 0.15) is 6.10 Å². The smallest absolute Gasteiger partial charge is 0.161 e. The van der Waals surface area contributed by atoms with Gasteiger partial charge >= 0.3 is 0 Å². The molecule has 112 valence electrons. The van der Waals surface area contributed by atoms with Crippen LogP contribution in [0.1, 0.15) is 24.2 Å². The standard InChI is InChI=1S/C17H20O3S/c1-4-21-14-8-5-12(6-9-14)17(18)13-7-10-15(19-2)16(11-13)20-3/h5-11,17-18H,4H2,1-3H3. The fourth-order valence-electron chi connectivity index (χ4n) is 2.13. The van der Waals surface area contributed by atoms with Crippen molar-refractivity contribution in [3.63, 3.8) is 0 Å². The summed E-state index contributed by atoms with van der Waals surface area (Å²) in [6.45, 7) is 2.12. The lowest BCUT2D eigenvalue weighted by Crippen LogP contribution is -2.01. The highest BCUT2D eigenvalue weighted by molar-refractivity contribution is 7.99. The highest BCUT2D eigenvalue weighted by Gasteiger charge is 2.13. The zero-order chi connectivity index (χ0) is 15.2. The van der Waals surface area contributed by atoms with Gasteiger partial charge in [-0.1, -0.05) is 25.1 Å². The first-order valence-electron chi connectivity index (χ1n) is 6.82. The largest absolute Gasteiger partial charge is 0.493 e. The number of rotatable bonds is 6. The van der Waals surface area contributed by atoms with Gasteiger partial charge in [0.15, 0.2) is 11.5 Å². The lowest BCUT2D eigenvalue weighted by atomic mass is 10.0. The molecule has 1 unspecified atom stereocenters. The van der Waals surface area contributed by atoms with Gasteiger partial charge in [-0.05, 0) is 41.1 Å². The maximum absolute atomic E-state index is 10.5. The molecule has 0 spiro atoms. The van der Waals surface area contributed by atoms with Gasteiger partial charge in [-0.15, -0.1) is 11.8 Å². The summed E-state index contributed by atoms with van der Waals surface area (Å²) in [7, 11) is 3.18. The summed E-state index contributed by atoms with van der Waals surface area (Å²) in [6, 6.07) is 13.4. The van der Waals surface area contributed by atoms with Crippen molar-refractivity contribution in [3.05, 3.63) is 53.6 Å². The molecule has 0 aliphatic carbocycles. The van der Waals surface area contributed by atoms with E-state index in [1.54, 1.807) is 38.1 Å². The third kappa shape index (κ3) is 3.71. The molecule has 0 aliphatic rings. The Morgan fingerprint density at radius 1 is 0.952 bits per heavy atom. The van der Waals surface area contributed by atoms with Crippen molar-refractivity contribution in [3.8, 4) is 11.5 Å². The highest BCUT2D eigenvalue weighted by atomic mass is 32.2. The molecule has 0 saturated heterocycles. The minimum absolute atomic E-state index is 0.618. The number of benzene rings is 2. The van der Waals surface area contributed by atoms with Crippen LogP contribution >= 0.6 is 11.8 Å². The van der Waals surface area contributed by atoms with Gasteiger partial charge in [-0.25, -0.2) is 0 Å². The summed E-state index contributed by atoms with van der Waals surface area (Å²) in [4.78, 5) is 1.21. The van der Waals surface area contributed by atoms with Gasteiger partial charge in [0.05, 0.1) is 14.2 Å². The third-order valence-electron chi connectivity index (χ3n) is 3.23. The van der Waals surface area contributed by atoms with Gasteiger partial charge in [0, 0.05) is 4.90 Å². The monoisotopic (exact) mass is 304 g/mol. The molecule has 0 aromatic heterocycles. The third-order valence-corrected chi connectivity index (χ3v) is 4.12. The molecular weight excluding hydrogens is 284 g/mol. The Kier molecular flexibility index (Phi) is 5.53. The summed E-state index contributed by atoms with van der Waals surface area (Å²) >= 11 is 1.78. The molecule has 0 radical (unpaired) electrons.